The van der Waals surface area contributed by atoms with Gasteiger partial charge in [-0.15, -0.1) is 0 Å². The Kier molecular flexibility index (Phi) is 6.18. The monoisotopic (exact) mass is 279 g/mol. The maximum Gasteiger partial charge on any atom is 0.322 e. The predicted octanol–water partition coefficient (Wildman–Crippen LogP) is -0.431. The van der Waals surface area contributed by atoms with E-state index in [1.807, 2.05) is 18.2 Å². The zero-order chi connectivity index (χ0) is 15.0. The minimum absolute atomic E-state index is 0.0102. The fourth-order valence-electron chi connectivity index (χ4n) is 1.54. The minimum atomic E-state index is -1.16. The Morgan fingerprint density at radius 3 is 2.40 bits per heavy atom. The van der Waals surface area contributed by atoms with Gasteiger partial charge in [0.15, 0.2) is 0 Å². The predicted molar refractivity (Wildman–Crippen MR) is 71.3 cm³/mol. The molecule has 7 nitrogen and oxygen atoms in total. The standard InChI is InChI=1S/C13H17N3O4/c14-11(17)7-6-10(13(19)20)15-16-12(18)8-9-4-2-1-3-5-9/h1-5,10,15H,6-8H2,(H2,14,17)(H,16,18)(H,19,20)/t10-/m0/s1. The first kappa shape index (κ1) is 15.6. The van der Waals surface area contributed by atoms with Crippen molar-refractivity contribution in [1.29, 1.82) is 0 Å². The van der Waals surface area contributed by atoms with Crippen molar-refractivity contribution >= 4 is 17.8 Å². The van der Waals surface area contributed by atoms with Gasteiger partial charge in [0.2, 0.25) is 11.8 Å². The lowest BCUT2D eigenvalue weighted by molar-refractivity contribution is -0.140. The van der Waals surface area contributed by atoms with E-state index in [-0.39, 0.29) is 25.2 Å². The van der Waals surface area contributed by atoms with Gasteiger partial charge in [-0.3, -0.25) is 19.8 Å². The lowest BCUT2D eigenvalue weighted by Gasteiger charge is -2.14. The maximum atomic E-state index is 11.6. The lowest BCUT2D eigenvalue weighted by atomic mass is 10.1. The Morgan fingerprint density at radius 1 is 1.20 bits per heavy atom. The van der Waals surface area contributed by atoms with Crippen molar-refractivity contribution < 1.29 is 19.5 Å². The number of hydrazine groups is 1. The summed E-state index contributed by atoms with van der Waals surface area (Å²) in [5.41, 5.74) is 10.5. The van der Waals surface area contributed by atoms with Gasteiger partial charge in [0.1, 0.15) is 6.04 Å². The van der Waals surface area contributed by atoms with Crippen LogP contribution in [-0.4, -0.2) is 28.9 Å². The Labute approximate surface area is 116 Å². The van der Waals surface area contributed by atoms with Gasteiger partial charge in [0, 0.05) is 6.42 Å². The highest BCUT2D eigenvalue weighted by atomic mass is 16.4. The molecule has 0 bridgehead atoms. The van der Waals surface area contributed by atoms with Crippen LogP contribution in [0.4, 0.5) is 0 Å². The van der Waals surface area contributed by atoms with E-state index in [1.54, 1.807) is 12.1 Å². The first-order valence-corrected chi connectivity index (χ1v) is 6.08. The summed E-state index contributed by atoms with van der Waals surface area (Å²) in [6.45, 7) is 0. The molecule has 1 rings (SSSR count). The molecule has 20 heavy (non-hydrogen) atoms. The zero-order valence-electron chi connectivity index (χ0n) is 10.8. The van der Waals surface area contributed by atoms with E-state index in [0.29, 0.717) is 0 Å². The Morgan fingerprint density at radius 2 is 1.85 bits per heavy atom. The molecule has 0 aliphatic heterocycles. The first-order chi connectivity index (χ1) is 9.49. The van der Waals surface area contributed by atoms with Gasteiger partial charge >= 0.3 is 5.97 Å². The number of benzene rings is 1. The molecule has 1 aromatic carbocycles. The summed E-state index contributed by atoms with van der Waals surface area (Å²) in [7, 11) is 0. The van der Waals surface area contributed by atoms with Gasteiger partial charge in [-0.1, -0.05) is 30.3 Å². The average Bonchev–Trinajstić information content (AvgIpc) is 2.39. The molecular formula is C13H17N3O4. The van der Waals surface area contributed by atoms with Crippen LogP contribution in [0.5, 0.6) is 0 Å². The molecule has 0 aliphatic rings. The fraction of sp³-hybridized carbons (Fsp3) is 0.308. The molecule has 0 saturated heterocycles. The van der Waals surface area contributed by atoms with Gasteiger partial charge in [0.05, 0.1) is 6.42 Å². The van der Waals surface area contributed by atoms with Gasteiger partial charge in [-0.2, -0.15) is 0 Å². The lowest BCUT2D eigenvalue weighted by Crippen LogP contribution is -2.48. The fourth-order valence-corrected chi connectivity index (χ4v) is 1.54. The van der Waals surface area contributed by atoms with Crippen molar-refractivity contribution in [3.05, 3.63) is 35.9 Å². The molecule has 1 aromatic rings. The first-order valence-electron chi connectivity index (χ1n) is 6.08. The quantitative estimate of drug-likeness (QED) is 0.481. The van der Waals surface area contributed by atoms with E-state index >= 15 is 0 Å². The summed E-state index contributed by atoms with van der Waals surface area (Å²) >= 11 is 0. The van der Waals surface area contributed by atoms with E-state index in [9.17, 15) is 14.4 Å². The van der Waals surface area contributed by atoms with Crippen LogP contribution in [0, 0.1) is 0 Å². The third-order valence-electron chi connectivity index (χ3n) is 2.57. The zero-order valence-corrected chi connectivity index (χ0v) is 10.8. The second kappa shape index (κ2) is 7.90. The van der Waals surface area contributed by atoms with Crippen molar-refractivity contribution in [1.82, 2.24) is 10.9 Å². The molecule has 0 radical (unpaired) electrons. The molecule has 0 aromatic heterocycles. The summed E-state index contributed by atoms with van der Waals surface area (Å²) in [5, 5.41) is 8.92. The van der Waals surface area contributed by atoms with E-state index in [1.165, 1.54) is 0 Å². The summed E-state index contributed by atoms with van der Waals surface area (Å²) < 4.78 is 0. The number of nitrogens with two attached hydrogens (primary N) is 1. The largest absolute Gasteiger partial charge is 0.480 e. The van der Waals surface area contributed by atoms with Crippen molar-refractivity contribution in [2.45, 2.75) is 25.3 Å². The SMILES string of the molecule is NC(=O)CC[C@H](NNC(=O)Cc1ccccc1)C(=O)O. The van der Waals surface area contributed by atoms with Crippen molar-refractivity contribution in [2.24, 2.45) is 5.73 Å². The number of carboxylic acid groups (broad SMARTS) is 1. The molecule has 0 fully saturated rings. The molecule has 0 saturated carbocycles. The molecule has 5 N–H and O–H groups in total. The number of carboxylic acids is 1. The summed E-state index contributed by atoms with van der Waals surface area (Å²) in [6, 6.07) is 7.99. The maximum absolute atomic E-state index is 11.6. The van der Waals surface area contributed by atoms with Crippen LogP contribution in [-0.2, 0) is 20.8 Å². The topological polar surface area (TPSA) is 122 Å². The second-order valence-corrected chi connectivity index (χ2v) is 4.25. The molecule has 0 unspecified atom stereocenters. The summed E-state index contributed by atoms with van der Waals surface area (Å²) in [6.07, 6.45) is 0.0742. The molecule has 0 aliphatic carbocycles. The molecule has 0 spiro atoms. The number of hydrogen-bond donors (Lipinski definition) is 4. The van der Waals surface area contributed by atoms with Crippen LogP contribution >= 0.6 is 0 Å². The van der Waals surface area contributed by atoms with E-state index in [0.717, 1.165) is 5.56 Å². The highest BCUT2D eigenvalue weighted by Crippen LogP contribution is 1.99. The molecule has 2 amide bonds. The number of nitrogens with one attached hydrogen (secondary N) is 2. The summed E-state index contributed by atoms with van der Waals surface area (Å²) in [4.78, 5) is 33.2. The van der Waals surface area contributed by atoms with Crippen molar-refractivity contribution in [3.8, 4) is 0 Å². The third-order valence-corrected chi connectivity index (χ3v) is 2.57. The number of carbonyl (C=O) groups excluding carboxylic acids is 2. The highest BCUT2D eigenvalue weighted by molar-refractivity contribution is 5.80. The Hall–Kier alpha value is -2.41. The number of rotatable bonds is 8. The Bertz CT molecular complexity index is 476. The summed E-state index contributed by atoms with van der Waals surface area (Å²) in [5.74, 6) is -2.11. The van der Waals surface area contributed by atoms with Gasteiger partial charge in [-0.05, 0) is 12.0 Å². The third kappa shape index (κ3) is 5.96. The van der Waals surface area contributed by atoms with Crippen LogP contribution in [0.2, 0.25) is 0 Å². The molecule has 108 valence electrons. The smallest absolute Gasteiger partial charge is 0.322 e. The number of aliphatic carboxylic acids is 1. The number of carbonyl (C=O) groups is 3. The second-order valence-electron chi connectivity index (χ2n) is 4.25. The van der Waals surface area contributed by atoms with Crippen LogP contribution in [0.3, 0.4) is 0 Å². The van der Waals surface area contributed by atoms with Crippen LogP contribution in [0.15, 0.2) is 30.3 Å². The molecule has 0 heterocycles. The van der Waals surface area contributed by atoms with Gasteiger partial charge in [-0.25, -0.2) is 5.43 Å². The van der Waals surface area contributed by atoms with Crippen LogP contribution < -0.4 is 16.6 Å². The van der Waals surface area contributed by atoms with Crippen molar-refractivity contribution in [3.63, 3.8) is 0 Å². The number of primary amides is 1. The molecule has 1 atom stereocenters. The van der Waals surface area contributed by atoms with E-state index < -0.39 is 17.9 Å². The number of amides is 2. The van der Waals surface area contributed by atoms with Crippen LogP contribution in [0.25, 0.3) is 0 Å². The van der Waals surface area contributed by atoms with Crippen LogP contribution in [0.1, 0.15) is 18.4 Å². The van der Waals surface area contributed by atoms with Crippen molar-refractivity contribution in [2.75, 3.05) is 0 Å². The minimum Gasteiger partial charge on any atom is -0.480 e. The van der Waals surface area contributed by atoms with Gasteiger partial charge in [0.25, 0.3) is 0 Å². The van der Waals surface area contributed by atoms with Gasteiger partial charge < -0.3 is 10.8 Å². The normalized spacial score (nSPS) is 11.6. The molecule has 7 heteroatoms. The number of hydrogen-bond acceptors (Lipinski definition) is 4. The Balaban J connectivity index is 2.40. The average molecular weight is 279 g/mol. The highest BCUT2D eigenvalue weighted by Gasteiger charge is 2.18. The van der Waals surface area contributed by atoms with E-state index in [4.69, 9.17) is 10.8 Å². The molecular weight excluding hydrogens is 262 g/mol. The van der Waals surface area contributed by atoms with E-state index in [2.05, 4.69) is 10.9 Å².